The normalized spacial score (nSPS) is 12.0. The van der Waals surface area contributed by atoms with E-state index in [9.17, 15) is 9.59 Å². The van der Waals surface area contributed by atoms with Gasteiger partial charge in [0.15, 0.2) is 0 Å². The first-order valence-electron chi connectivity index (χ1n) is 7.45. The van der Waals surface area contributed by atoms with Gasteiger partial charge in [0.2, 0.25) is 5.91 Å². The van der Waals surface area contributed by atoms with Crippen LogP contribution in [0, 0.1) is 0 Å². The van der Waals surface area contributed by atoms with Gasteiger partial charge >= 0.3 is 0 Å². The fraction of sp³-hybridized carbons (Fsp3) is 0.111. The van der Waals surface area contributed by atoms with Crippen LogP contribution in [0.15, 0.2) is 54.6 Å². The lowest BCUT2D eigenvalue weighted by molar-refractivity contribution is -0.118. The second-order valence-electron chi connectivity index (χ2n) is 5.52. The summed E-state index contributed by atoms with van der Waals surface area (Å²) in [5, 5.41) is 4.33. The average molecular weight is 342 g/mol. The number of nitrogens with one attached hydrogen (secondary N) is 2. The van der Waals surface area contributed by atoms with Gasteiger partial charge in [0.25, 0.3) is 5.91 Å². The predicted octanol–water partition coefficient (Wildman–Crippen LogP) is 3.17. The lowest BCUT2D eigenvalue weighted by atomic mass is 10.0. The van der Waals surface area contributed by atoms with Crippen molar-refractivity contribution in [3.63, 3.8) is 0 Å². The van der Waals surface area contributed by atoms with Crippen LogP contribution in [-0.2, 0) is 4.79 Å². The first kappa shape index (κ1) is 16.1. The molecule has 2 aromatic carbocycles. The second kappa shape index (κ2) is 6.76. The molecule has 0 aliphatic rings. The maximum Gasteiger partial charge on any atom is 0.268 e. The Morgan fingerprint density at radius 3 is 2.58 bits per heavy atom. The SMILES string of the molecule is NC(=O)C[C@@H](NC(=O)c1cc2ccc(Cl)cc2[nH]1)c1ccccc1. The topological polar surface area (TPSA) is 88.0 Å². The van der Waals surface area contributed by atoms with Crippen LogP contribution < -0.4 is 11.1 Å². The molecule has 24 heavy (non-hydrogen) atoms. The summed E-state index contributed by atoms with van der Waals surface area (Å²) in [6.07, 6.45) is 0.0296. The lowest BCUT2D eigenvalue weighted by Gasteiger charge is -2.17. The molecule has 0 radical (unpaired) electrons. The van der Waals surface area contributed by atoms with Crippen LogP contribution in [0.5, 0.6) is 0 Å². The zero-order valence-electron chi connectivity index (χ0n) is 12.8. The van der Waals surface area contributed by atoms with Gasteiger partial charge in [-0.15, -0.1) is 0 Å². The Bertz CT molecular complexity index is 890. The van der Waals surface area contributed by atoms with Gasteiger partial charge in [-0.25, -0.2) is 0 Å². The molecule has 0 saturated carbocycles. The Morgan fingerprint density at radius 2 is 1.88 bits per heavy atom. The molecule has 1 atom stereocenters. The molecule has 1 aromatic heterocycles. The summed E-state index contributed by atoms with van der Waals surface area (Å²) in [5.74, 6) is -0.787. The first-order valence-corrected chi connectivity index (χ1v) is 7.83. The third-order valence-electron chi connectivity index (χ3n) is 3.74. The summed E-state index contributed by atoms with van der Waals surface area (Å²) >= 11 is 5.96. The highest BCUT2D eigenvalue weighted by molar-refractivity contribution is 6.31. The molecule has 1 heterocycles. The van der Waals surface area contributed by atoms with Gasteiger partial charge in [-0.1, -0.05) is 48.0 Å². The minimum atomic E-state index is -0.480. The molecule has 0 saturated heterocycles. The van der Waals surface area contributed by atoms with Gasteiger partial charge in [0, 0.05) is 15.9 Å². The zero-order chi connectivity index (χ0) is 17.1. The van der Waals surface area contributed by atoms with Crippen molar-refractivity contribution in [3.05, 3.63) is 70.9 Å². The fourth-order valence-corrected chi connectivity index (χ4v) is 2.77. The monoisotopic (exact) mass is 341 g/mol. The maximum atomic E-state index is 12.5. The van der Waals surface area contributed by atoms with Crippen LogP contribution >= 0.6 is 11.6 Å². The Balaban J connectivity index is 1.85. The summed E-state index contributed by atoms with van der Waals surface area (Å²) in [6, 6.07) is 15.9. The van der Waals surface area contributed by atoms with Crippen molar-refractivity contribution in [1.29, 1.82) is 0 Å². The molecule has 0 fully saturated rings. The van der Waals surface area contributed by atoms with Crippen molar-refractivity contribution in [2.75, 3.05) is 0 Å². The fourth-order valence-electron chi connectivity index (χ4n) is 2.60. The molecule has 0 bridgehead atoms. The number of H-pyrrole nitrogens is 1. The van der Waals surface area contributed by atoms with E-state index in [1.807, 2.05) is 36.4 Å². The number of hydrogen-bond donors (Lipinski definition) is 3. The number of benzene rings is 2. The van der Waals surface area contributed by atoms with Gasteiger partial charge in [-0.3, -0.25) is 9.59 Å². The van der Waals surface area contributed by atoms with Crippen molar-refractivity contribution >= 4 is 34.3 Å². The molecule has 5 nitrogen and oxygen atoms in total. The zero-order valence-corrected chi connectivity index (χ0v) is 13.5. The molecular weight excluding hydrogens is 326 g/mol. The molecule has 4 N–H and O–H groups in total. The Hall–Kier alpha value is -2.79. The summed E-state index contributed by atoms with van der Waals surface area (Å²) in [6.45, 7) is 0. The van der Waals surface area contributed by atoms with Gasteiger partial charge in [0.1, 0.15) is 5.69 Å². The molecule has 0 unspecified atom stereocenters. The van der Waals surface area contributed by atoms with Crippen LogP contribution in [0.3, 0.4) is 0 Å². The Kier molecular flexibility index (Phi) is 4.53. The van der Waals surface area contributed by atoms with Crippen molar-refractivity contribution in [3.8, 4) is 0 Å². The molecule has 3 aromatic rings. The van der Waals surface area contributed by atoms with Crippen LogP contribution in [0.4, 0.5) is 0 Å². The number of primary amides is 1. The molecule has 2 amide bonds. The number of aromatic amines is 1. The van der Waals surface area contributed by atoms with Crippen molar-refractivity contribution < 1.29 is 9.59 Å². The van der Waals surface area contributed by atoms with Gasteiger partial charge < -0.3 is 16.0 Å². The number of nitrogens with two attached hydrogens (primary N) is 1. The Morgan fingerprint density at radius 1 is 1.12 bits per heavy atom. The second-order valence-corrected chi connectivity index (χ2v) is 5.96. The maximum absolute atomic E-state index is 12.5. The van der Waals surface area contributed by atoms with Crippen molar-refractivity contribution in [1.82, 2.24) is 10.3 Å². The van der Waals surface area contributed by atoms with Crippen LogP contribution in [0.25, 0.3) is 10.9 Å². The smallest absolute Gasteiger partial charge is 0.268 e. The number of rotatable bonds is 5. The van der Waals surface area contributed by atoms with E-state index in [-0.39, 0.29) is 12.3 Å². The third-order valence-corrected chi connectivity index (χ3v) is 3.98. The average Bonchev–Trinajstić information content (AvgIpc) is 2.98. The summed E-state index contributed by atoms with van der Waals surface area (Å²) in [4.78, 5) is 26.9. The predicted molar refractivity (Wildman–Crippen MR) is 93.8 cm³/mol. The third kappa shape index (κ3) is 3.58. The summed E-state index contributed by atoms with van der Waals surface area (Å²) in [5.41, 5.74) is 7.31. The highest BCUT2D eigenvalue weighted by atomic mass is 35.5. The molecule has 122 valence electrons. The van der Waals surface area contributed by atoms with Crippen LogP contribution in [0.1, 0.15) is 28.5 Å². The molecule has 0 spiro atoms. The number of amides is 2. The number of carbonyl (C=O) groups is 2. The van der Waals surface area contributed by atoms with E-state index < -0.39 is 11.9 Å². The van der Waals surface area contributed by atoms with Crippen LogP contribution in [-0.4, -0.2) is 16.8 Å². The highest BCUT2D eigenvalue weighted by Crippen LogP contribution is 2.21. The standard InChI is InChI=1S/C18H16ClN3O2/c19-13-7-6-12-8-16(21-14(12)9-13)18(24)22-15(10-17(20)23)11-4-2-1-3-5-11/h1-9,15,21H,10H2,(H2,20,23)(H,22,24)/t15-/m1/s1. The minimum Gasteiger partial charge on any atom is -0.370 e. The molecule has 0 aliphatic carbocycles. The number of carbonyl (C=O) groups excluding carboxylic acids is 2. The van der Waals surface area contributed by atoms with Gasteiger partial charge in [-0.2, -0.15) is 0 Å². The number of halogens is 1. The van der Waals surface area contributed by atoms with Gasteiger partial charge in [0.05, 0.1) is 12.5 Å². The van der Waals surface area contributed by atoms with E-state index in [1.54, 1.807) is 18.2 Å². The largest absolute Gasteiger partial charge is 0.370 e. The van der Waals surface area contributed by atoms with E-state index in [2.05, 4.69) is 10.3 Å². The highest BCUT2D eigenvalue weighted by Gasteiger charge is 2.19. The summed E-state index contributed by atoms with van der Waals surface area (Å²) < 4.78 is 0. The Labute approximate surface area is 143 Å². The molecule has 6 heteroatoms. The van der Waals surface area contributed by atoms with Gasteiger partial charge in [-0.05, 0) is 23.8 Å². The van der Waals surface area contributed by atoms with Crippen molar-refractivity contribution in [2.24, 2.45) is 5.73 Å². The summed E-state index contributed by atoms with van der Waals surface area (Å²) in [7, 11) is 0. The number of fused-ring (bicyclic) bond motifs is 1. The van der Waals surface area contributed by atoms with Crippen molar-refractivity contribution in [2.45, 2.75) is 12.5 Å². The molecular formula is C18H16ClN3O2. The molecule has 3 rings (SSSR count). The van der Waals surface area contributed by atoms with E-state index >= 15 is 0 Å². The van der Waals surface area contributed by atoms with Crippen LogP contribution in [0.2, 0.25) is 5.02 Å². The van der Waals surface area contributed by atoms with E-state index in [4.69, 9.17) is 17.3 Å². The van der Waals surface area contributed by atoms with E-state index in [0.29, 0.717) is 10.7 Å². The molecule has 0 aliphatic heterocycles. The first-order chi connectivity index (χ1) is 11.5. The quantitative estimate of drug-likeness (QED) is 0.665. The number of aromatic nitrogens is 1. The van der Waals surface area contributed by atoms with E-state index in [1.165, 1.54) is 0 Å². The minimum absolute atomic E-state index is 0.0296. The van der Waals surface area contributed by atoms with E-state index in [0.717, 1.165) is 16.5 Å². The number of hydrogen-bond acceptors (Lipinski definition) is 2. The lowest BCUT2D eigenvalue weighted by Crippen LogP contribution is -2.32.